The molecule has 0 aliphatic carbocycles. The summed E-state index contributed by atoms with van der Waals surface area (Å²) in [7, 11) is 0. The van der Waals surface area contributed by atoms with E-state index in [2.05, 4.69) is 6.58 Å². The smallest absolute Gasteiger partial charge is 0.445 e. The van der Waals surface area contributed by atoms with Crippen molar-refractivity contribution in [2.24, 2.45) is 0 Å². The van der Waals surface area contributed by atoms with Crippen molar-refractivity contribution >= 4 is 18.6 Å². The van der Waals surface area contributed by atoms with Gasteiger partial charge in [0.25, 0.3) is 0 Å². The number of halogens is 4. The molecule has 1 nitrogen and oxygen atoms in total. The quantitative estimate of drug-likeness (QED) is 0.729. The molecule has 0 aromatic heterocycles. The van der Waals surface area contributed by atoms with Crippen molar-refractivity contribution in [1.82, 2.24) is 0 Å². The zero-order valence-corrected chi connectivity index (χ0v) is 13.3. The predicted octanol–water partition coefficient (Wildman–Crippen LogP) is 0.803. The van der Waals surface area contributed by atoms with Crippen LogP contribution in [-0.4, -0.2) is 13.6 Å². The molecule has 0 saturated carbocycles. The fraction of sp³-hybridized carbons (Fsp3) is 0.200. The minimum Gasteiger partial charge on any atom is -0.445 e. The van der Waals surface area contributed by atoms with E-state index in [0.29, 0.717) is 5.02 Å². The maximum absolute atomic E-state index is 12.1. The van der Waals surface area contributed by atoms with Gasteiger partial charge in [0.1, 0.15) is 0 Å². The van der Waals surface area contributed by atoms with Gasteiger partial charge in [0.05, 0.1) is 6.61 Å². The van der Waals surface area contributed by atoms with Crippen LogP contribution in [0.4, 0.5) is 12.9 Å². The third-order valence-corrected chi connectivity index (χ3v) is 2.18. The van der Waals surface area contributed by atoms with Crippen LogP contribution in [0.3, 0.4) is 0 Å². The van der Waals surface area contributed by atoms with Crippen LogP contribution in [0.5, 0.6) is 0 Å². The van der Waals surface area contributed by atoms with Crippen molar-refractivity contribution in [3.05, 3.63) is 46.9 Å². The molecule has 0 spiro atoms. The number of ether oxygens (including phenoxy) is 1. The molecule has 0 fully saturated rings. The molecule has 0 aliphatic heterocycles. The molecule has 0 heterocycles. The fourth-order valence-corrected chi connectivity index (χ4v) is 1.10. The molecule has 0 amide bonds. The average Bonchev–Trinajstić information content (AvgIpc) is 2.19. The van der Waals surface area contributed by atoms with E-state index in [1.165, 1.54) is 0 Å². The molecule has 0 bridgehead atoms. The minimum atomic E-state index is -5.00. The molecular formula is C10H10BClF3KO. The van der Waals surface area contributed by atoms with E-state index in [1.807, 2.05) is 0 Å². The van der Waals surface area contributed by atoms with Crippen LogP contribution in [0.25, 0.3) is 0 Å². The van der Waals surface area contributed by atoms with E-state index in [1.54, 1.807) is 24.3 Å². The molecule has 7 heteroatoms. The van der Waals surface area contributed by atoms with Crippen molar-refractivity contribution in [3.63, 3.8) is 0 Å². The summed E-state index contributed by atoms with van der Waals surface area (Å²) in [6.07, 6.45) is 0. The topological polar surface area (TPSA) is 9.23 Å². The summed E-state index contributed by atoms with van der Waals surface area (Å²) in [5, 5.41) is 0.576. The van der Waals surface area contributed by atoms with Crippen LogP contribution >= 0.6 is 11.6 Å². The number of benzene rings is 1. The Kier molecular flexibility index (Phi) is 8.32. The Morgan fingerprint density at radius 2 is 1.76 bits per heavy atom. The summed E-state index contributed by atoms with van der Waals surface area (Å²) in [5.74, 6) is 0. The van der Waals surface area contributed by atoms with Gasteiger partial charge in [-0.1, -0.05) is 23.7 Å². The molecule has 0 radical (unpaired) electrons. The minimum absolute atomic E-state index is 0. The summed E-state index contributed by atoms with van der Waals surface area (Å²) in [6.45, 7) is -2.45. The second kappa shape index (κ2) is 7.99. The van der Waals surface area contributed by atoms with Gasteiger partial charge in [-0.2, -0.15) is 0 Å². The van der Waals surface area contributed by atoms with Crippen LogP contribution in [0.15, 0.2) is 36.3 Å². The monoisotopic (exact) mass is 288 g/mol. The van der Waals surface area contributed by atoms with Crippen LogP contribution in [0.2, 0.25) is 5.02 Å². The Morgan fingerprint density at radius 1 is 1.24 bits per heavy atom. The Labute approximate surface area is 146 Å². The van der Waals surface area contributed by atoms with Gasteiger partial charge in [-0.25, -0.2) is 0 Å². The van der Waals surface area contributed by atoms with Gasteiger partial charge < -0.3 is 17.7 Å². The molecule has 1 rings (SSSR count). The largest absolute Gasteiger partial charge is 1.00 e. The van der Waals surface area contributed by atoms with Crippen LogP contribution in [0, 0.1) is 0 Å². The summed E-state index contributed by atoms with van der Waals surface area (Å²) in [4.78, 5) is 0. The van der Waals surface area contributed by atoms with Crippen LogP contribution in [-0.2, 0) is 11.3 Å². The number of hydrogen-bond acceptors (Lipinski definition) is 1. The van der Waals surface area contributed by atoms with E-state index in [9.17, 15) is 12.9 Å². The summed E-state index contributed by atoms with van der Waals surface area (Å²) >= 11 is 5.65. The van der Waals surface area contributed by atoms with Crippen molar-refractivity contribution in [2.75, 3.05) is 6.61 Å². The van der Waals surface area contributed by atoms with Gasteiger partial charge in [0.15, 0.2) is 0 Å². The zero-order valence-electron chi connectivity index (χ0n) is 9.43. The molecule has 1 aromatic carbocycles. The normalized spacial score (nSPS) is 10.8. The molecule has 0 aliphatic rings. The van der Waals surface area contributed by atoms with Gasteiger partial charge in [-0.15, -0.1) is 12.1 Å². The first-order chi connectivity index (χ1) is 7.39. The summed E-state index contributed by atoms with van der Waals surface area (Å²) < 4.78 is 41.2. The Morgan fingerprint density at radius 3 is 2.24 bits per heavy atom. The van der Waals surface area contributed by atoms with E-state index in [-0.39, 0.29) is 58.0 Å². The second-order valence-corrected chi connectivity index (χ2v) is 3.79. The van der Waals surface area contributed by atoms with Crippen molar-refractivity contribution in [1.29, 1.82) is 0 Å². The molecule has 88 valence electrons. The summed E-state index contributed by atoms with van der Waals surface area (Å²) in [5.41, 5.74) is -0.0548. The molecule has 0 atom stereocenters. The Hall–Kier alpha value is 0.701. The third-order valence-electron chi connectivity index (χ3n) is 1.93. The van der Waals surface area contributed by atoms with Crippen LogP contribution < -0.4 is 51.4 Å². The first-order valence-corrected chi connectivity index (χ1v) is 4.97. The second-order valence-electron chi connectivity index (χ2n) is 3.35. The average molecular weight is 289 g/mol. The van der Waals surface area contributed by atoms with E-state index >= 15 is 0 Å². The molecule has 0 saturated heterocycles. The third kappa shape index (κ3) is 7.00. The molecule has 17 heavy (non-hydrogen) atoms. The van der Waals surface area contributed by atoms with Crippen molar-refractivity contribution in [3.8, 4) is 0 Å². The van der Waals surface area contributed by atoms with Gasteiger partial charge in [0, 0.05) is 11.6 Å². The first kappa shape index (κ1) is 17.7. The first-order valence-electron chi connectivity index (χ1n) is 4.59. The van der Waals surface area contributed by atoms with Gasteiger partial charge >= 0.3 is 58.4 Å². The van der Waals surface area contributed by atoms with Gasteiger partial charge in [-0.05, 0) is 17.7 Å². The molecule has 0 N–H and O–H groups in total. The zero-order chi connectivity index (χ0) is 12.2. The van der Waals surface area contributed by atoms with Crippen molar-refractivity contribution in [2.45, 2.75) is 6.61 Å². The number of rotatable bonds is 5. The van der Waals surface area contributed by atoms with E-state index < -0.39 is 19.1 Å². The SMILES string of the molecule is C=C(COCc1ccc(Cl)cc1)[B-](F)(F)F.[K+]. The summed E-state index contributed by atoms with van der Waals surface area (Å²) in [6, 6.07) is 6.71. The predicted molar refractivity (Wildman–Crippen MR) is 59.3 cm³/mol. The van der Waals surface area contributed by atoms with Gasteiger partial charge in [0.2, 0.25) is 0 Å². The molecule has 1 aromatic rings. The molecular weight excluding hydrogens is 278 g/mol. The Bertz CT molecular complexity index is 367. The Balaban J connectivity index is 0.00000256. The van der Waals surface area contributed by atoms with Crippen molar-refractivity contribution < 1.29 is 69.1 Å². The van der Waals surface area contributed by atoms with Crippen LogP contribution in [0.1, 0.15) is 5.56 Å². The van der Waals surface area contributed by atoms with E-state index in [4.69, 9.17) is 16.3 Å². The maximum Gasteiger partial charge on any atom is 1.00 e. The van der Waals surface area contributed by atoms with Gasteiger partial charge in [-0.3, -0.25) is 0 Å². The van der Waals surface area contributed by atoms with E-state index in [0.717, 1.165) is 5.56 Å². The standard InChI is InChI=1S/C10H10BClF3O.K/c1-8(11(13,14)15)6-16-7-9-2-4-10(12)5-3-9;/h2-5H,1,6-7H2;/q-1;+1. The molecule has 0 unspecified atom stereocenters. The number of hydrogen-bond donors (Lipinski definition) is 0. The fourth-order valence-electron chi connectivity index (χ4n) is 0.975. The maximum atomic E-state index is 12.1.